The van der Waals surface area contributed by atoms with Gasteiger partial charge in [-0.05, 0) is 33.6 Å². The molecular weight excluding hydrogens is 316 g/mol. The average molecular weight is 326 g/mol. The summed E-state index contributed by atoms with van der Waals surface area (Å²) in [5.41, 5.74) is 5.94. The molecule has 2 rings (SSSR count). The third-order valence-corrected chi connectivity index (χ3v) is 3.34. The van der Waals surface area contributed by atoms with E-state index in [1.165, 1.54) is 18.2 Å². The van der Waals surface area contributed by atoms with E-state index >= 15 is 0 Å². The third-order valence-electron chi connectivity index (χ3n) is 2.72. The smallest absolute Gasteiger partial charge is 0.198 e. The van der Waals surface area contributed by atoms with Gasteiger partial charge >= 0.3 is 0 Å². The zero-order valence-electron chi connectivity index (χ0n) is 9.79. The highest BCUT2D eigenvalue weighted by atomic mass is 79.9. The summed E-state index contributed by atoms with van der Waals surface area (Å²) < 4.78 is 27.5. The Hall–Kier alpha value is -1.59. The minimum Gasteiger partial charge on any atom is -0.326 e. The van der Waals surface area contributed by atoms with Crippen LogP contribution in [0.3, 0.4) is 0 Å². The van der Waals surface area contributed by atoms with Crippen LogP contribution < -0.4 is 5.73 Å². The fourth-order valence-electron chi connectivity index (χ4n) is 1.67. The molecule has 0 saturated heterocycles. The molecule has 2 aromatic rings. The van der Waals surface area contributed by atoms with Crippen molar-refractivity contribution in [1.82, 2.24) is 0 Å². The Balaban J connectivity index is 2.46. The molecule has 0 fully saturated rings. The number of nitrogens with two attached hydrogens (primary N) is 1. The lowest BCUT2D eigenvalue weighted by molar-refractivity contribution is 0.103. The number of hydrogen-bond acceptors (Lipinski definition) is 2. The van der Waals surface area contributed by atoms with Crippen LogP contribution >= 0.6 is 15.9 Å². The van der Waals surface area contributed by atoms with Gasteiger partial charge in [-0.2, -0.15) is 0 Å². The summed E-state index contributed by atoms with van der Waals surface area (Å²) in [6.45, 7) is 0.341. The Morgan fingerprint density at radius 3 is 2.32 bits per heavy atom. The van der Waals surface area contributed by atoms with E-state index in [4.69, 9.17) is 5.73 Å². The lowest BCUT2D eigenvalue weighted by atomic mass is 10.0. The standard InChI is InChI=1S/C14H10BrF2NO/c15-10-5-6-11(16)12(13(10)17)14(19)9-3-1-8(7-18)2-4-9/h1-6H,7,18H2. The van der Waals surface area contributed by atoms with Gasteiger partial charge in [-0.3, -0.25) is 4.79 Å². The zero-order valence-corrected chi connectivity index (χ0v) is 11.4. The summed E-state index contributed by atoms with van der Waals surface area (Å²) in [6.07, 6.45) is 0. The van der Waals surface area contributed by atoms with Gasteiger partial charge in [0.15, 0.2) is 11.6 Å². The fourth-order valence-corrected chi connectivity index (χ4v) is 2.00. The summed E-state index contributed by atoms with van der Waals surface area (Å²) in [4.78, 5) is 12.1. The predicted molar refractivity (Wildman–Crippen MR) is 71.8 cm³/mol. The monoisotopic (exact) mass is 325 g/mol. The van der Waals surface area contributed by atoms with Gasteiger partial charge in [0.2, 0.25) is 0 Å². The van der Waals surface area contributed by atoms with Gasteiger partial charge in [0.1, 0.15) is 5.82 Å². The number of carbonyl (C=O) groups is 1. The molecule has 0 saturated carbocycles. The molecule has 2 nitrogen and oxygen atoms in total. The van der Waals surface area contributed by atoms with Crippen molar-refractivity contribution in [3.8, 4) is 0 Å². The minimum absolute atomic E-state index is 0.0517. The first-order valence-corrected chi connectivity index (χ1v) is 6.31. The minimum atomic E-state index is -0.895. The quantitative estimate of drug-likeness (QED) is 0.694. The Bertz CT molecular complexity index is 626. The van der Waals surface area contributed by atoms with Crippen molar-refractivity contribution in [2.75, 3.05) is 0 Å². The van der Waals surface area contributed by atoms with Crippen molar-refractivity contribution in [2.24, 2.45) is 5.73 Å². The molecule has 98 valence electrons. The number of rotatable bonds is 3. The summed E-state index contributed by atoms with van der Waals surface area (Å²) >= 11 is 2.93. The third kappa shape index (κ3) is 2.72. The molecule has 5 heteroatoms. The van der Waals surface area contributed by atoms with E-state index in [-0.39, 0.29) is 10.0 Å². The first-order valence-electron chi connectivity index (χ1n) is 5.51. The molecule has 0 amide bonds. The largest absolute Gasteiger partial charge is 0.326 e. The maximum Gasteiger partial charge on any atom is 0.198 e. The number of carbonyl (C=O) groups excluding carboxylic acids is 1. The second-order valence-corrected chi connectivity index (χ2v) is 4.80. The van der Waals surface area contributed by atoms with Crippen LogP contribution in [0, 0.1) is 11.6 Å². The molecule has 0 radical (unpaired) electrons. The number of ketones is 1. The van der Waals surface area contributed by atoms with E-state index in [0.29, 0.717) is 6.54 Å². The van der Waals surface area contributed by atoms with Crippen molar-refractivity contribution in [3.63, 3.8) is 0 Å². The molecule has 0 aromatic heterocycles. The summed E-state index contributed by atoms with van der Waals surface area (Å²) in [5.74, 6) is -2.47. The van der Waals surface area contributed by atoms with Crippen LogP contribution in [0.1, 0.15) is 21.5 Å². The lowest BCUT2D eigenvalue weighted by Crippen LogP contribution is -2.08. The van der Waals surface area contributed by atoms with Crippen molar-refractivity contribution in [2.45, 2.75) is 6.54 Å². The second-order valence-electron chi connectivity index (χ2n) is 3.95. The van der Waals surface area contributed by atoms with Crippen LogP contribution in [0.25, 0.3) is 0 Å². The van der Waals surface area contributed by atoms with E-state index < -0.39 is 23.0 Å². The molecule has 19 heavy (non-hydrogen) atoms. The van der Waals surface area contributed by atoms with E-state index in [1.54, 1.807) is 12.1 Å². The van der Waals surface area contributed by atoms with Crippen molar-refractivity contribution in [3.05, 3.63) is 69.2 Å². The molecular formula is C14H10BrF2NO. The Kier molecular flexibility index (Phi) is 4.07. The van der Waals surface area contributed by atoms with E-state index in [2.05, 4.69) is 15.9 Å². The number of benzene rings is 2. The van der Waals surface area contributed by atoms with E-state index in [0.717, 1.165) is 11.6 Å². The highest BCUT2D eigenvalue weighted by Crippen LogP contribution is 2.24. The number of halogens is 3. The highest BCUT2D eigenvalue weighted by molar-refractivity contribution is 9.10. The lowest BCUT2D eigenvalue weighted by Gasteiger charge is -2.06. The topological polar surface area (TPSA) is 43.1 Å². The molecule has 0 aliphatic heterocycles. The molecule has 0 spiro atoms. The number of hydrogen-bond donors (Lipinski definition) is 1. The Morgan fingerprint density at radius 2 is 1.74 bits per heavy atom. The second kappa shape index (κ2) is 5.59. The molecule has 0 heterocycles. The van der Waals surface area contributed by atoms with Crippen LogP contribution in [0.2, 0.25) is 0 Å². The van der Waals surface area contributed by atoms with Gasteiger partial charge in [-0.25, -0.2) is 8.78 Å². The maximum atomic E-state index is 13.8. The first-order chi connectivity index (χ1) is 9.04. The van der Waals surface area contributed by atoms with Gasteiger partial charge in [0.25, 0.3) is 0 Å². The first kappa shape index (κ1) is 13.8. The molecule has 0 unspecified atom stereocenters. The Labute approximate surface area is 117 Å². The highest BCUT2D eigenvalue weighted by Gasteiger charge is 2.20. The SMILES string of the molecule is NCc1ccc(C(=O)c2c(F)ccc(Br)c2F)cc1. The van der Waals surface area contributed by atoms with Crippen LogP contribution in [-0.2, 0) is 6.54 Å². The normalized spacial score (nSPS) is 10.5. The van der Waals surface area contributed by atoms with E-state index in [1.807, 2.05) is 0 Å². The van der Waals surface area contributed by atoms with Crippen LogP contribution in [0.4, 0.5) is 8.78 Å². The molecule has 0 aliphatic carbocycles. The van der Waals surface area contributed by atoms with Crippen molar-refractivity contribution in [1.29, 1.82) is 0 Å². The molecule has 2 aromatic carbocycles. The molecule has 0 aliphatic rings. The van der Waals surface area contributed by atoms with E-state index in [9.17, 15) is 13.6 Å². The molecule has 0 bridgehead atoms. The molecule has 2 N–H and O–H groups in total. The van der Waals surface area contributed by atoms with Crippen LogP contribution in [0.5, 0.6) is 0 Å². The average Bonchev–Trinajstić information content (AvgIpc) is 2.43. The van der Waals surface area contributed by atoms with Crippen molar-refractivity contribution >= 4 is 21.7 Å². The van der Waals surface area contributed by atoms with Gasteiger partial charge < -0.3 is 5.73 Å². The molecule has 0 atom stereocenters. The van der Waals surface area contributed by atoms with Gasteiger partial charge in [-0.15, -0.1) is 0 Å². The fraction of sp³-hybridized carbons (Fsp3) is 0.0714. The zero-order chi connectivity index (χ0) is 14.0. The van der Waals surface area contributed by atoms with Gasteiger partial charge in [0.05, 0.1) is 10.0 Å². The Morgan fingerprint density at radius 1 is 1.11 bits per heavy atom. The van der Waals surface area contributed by atoms with Gasteiger partial charge in [0, 0.05) is 12.1 Å². The summed E-state index contributed by atoms with van der Waals surface area (Å²) in [5, 5.41) is 0. The van der Waals surface area contributed by atoms with Crippen LogP contribution in [0.15, 0.2) is 40.9 Å². The summed E-state index contributed by atoms with van der Waals surface area (Å²) in [7, 11) is 0. The summed E-state index contributed by atoms with van der Waals surface area (Å²) in [6, 6.07) is 8.59. The van der Waals surface area contributed by atoms with Crippen LogP contribution in [-0.4, -0.2) is 5.78 Å². The van der Waals surface area contributed by atoms with Crippen molar-refractivity contribution < 1.29 is 13.6 Å². The van der Waals surface area contributed by atoms with Gasteiger partial charge in [-0.1, -0.05) is 24.3 Å². The predicted octanol–water partition coefficient (Wildman–Crippen LogP) is 3.42. The maximum absolute atomic E-state index is 13.8.